The fourth-order valence-corrected chi connectivity index (χ4v) is 5.83. The quantitative estimate of drug-likeness (QED) is 0.356. The number of alkyl carbamates (subject to hydrolysis) is 1. The van der Waals surface area contributed by atoms with Gasteiger partial charge in [-0.1, -0.05) is 46.0 Å². The molecule has 0 aromatic heterocycles. The van der Waals surface area contributed by atoms with E-state index in [9.17, 15) is 14.9 Å². The standard InChI is InChI=1S/C27H46N6O4/c1-4-22(5-2)33-13-12-27(19-28,20-33)31-24(34)23(18-21-10-8-7-9-11-21)29-25(30-26(35)37-6-3)32-14-16-36-17-15-32/h21-23H,4-18,20H2,1-3H3,(H,31,34)(H,29,30,35)/t23-,27?/m0/s1. The molecule has 2 heterocycles. The van der Waals surface area contributed by atoms with Crippen LogP contribution in [-0.4, -0.2) is 91.4 Å². The second kappa shape index (κ2) is 14.5. The summed E-state index contributed by atoms with van der Waals surface area (Å²) in [6, 6.07) is 2.14. The molecule has 2 atom stereocenters. The van der Waals surface area contributed by atoms with Gasteiger partial charge in [0.1, 0.15) is 11.6 Å². The second-order valence-electron chi connectivity index (χ2n) is 10.5. The Bertz CT molecular complexity index is 814. The molecule has 2 saturated heterocycles. The van der Waals surface area contributed by atoms with Crippen LogP contribution in [0.25, 0.3) is 0 Å². The van der Waals surface area contributed by atoms with E-state index in [1.54, 1.807) is 6.92 Å². The lowest BCUT2D eigenvalue weighted by Gasteiger charge is -2.32. The number of nitrogens with one attached hydrogen (secondary N) is 2. The van der Waals surface area contributed by atoms with Crippen molar-refractivity contribution in [3.8, 4) is 6.07 Å². The summed E-state index contributed by atoms with van der Waals surface area (Å²) >= 11 is 0. The average Bonchev–Trinajstić information content (AvgIpc) is 3.33. The van der Waals surface area contributed by atoms with Crippen LogP contribution in [-0.2, 0) is 14.3 Å². The molecule has 3 aliphatic rings. The van der Waals surface area contributed by atoms with E-state index in [0.717, 1.165) is 45.1 Å². The highest BCUT2D eigenvalue weighted by Gasteiger charge is 2.43. The normalized spacial score (nSPS) is 24.5. The smallest absolute Gasteiger partial charge is 0.413 e. The molecule has 0 spiro atoms. The molecule has 0 radical (unpaired) electrons. The molecule has 0 aromatic carbocycles. The summed E-state index contributed by atoms with van der Waals surface area (Å²) in [5.41, 5.74) is -0.923. The fraction of sp³-hybridized carbons (Fsp3) is 0.852. The highest BCUT2D eigenvalue weighted by Crippen LogP contribution is 2.30. The number of likely N-dealkylation sites (tertiary alicyclic amines) is 1. The number of morpholine rings is 1. The van der Waals surface area contributed by atoms with Crippen LogP contribution in [0.1, 0.15) is 78.6 Å². The number of hydrogen-bond acceptors (Lipinski definition) is 7. The third-order valence-corrected chi connectivity index (χ3v) is 8.00. The zero-order valence-corrected chi connectivity index (χ0v) is 23.0. The van der Waals surface area contributed by atoms with Crippen LogP contribution in [0.3, 0.4) is 0 Å². The number of aliphatic imine (C=N–C) groups is 1. The Balaban J connectivity index is 1.84. The molecule has 1 aliphatic carbocycles. The minimum Gasteiger partial charge on any atom is -0.450 e. The minimum absolute atomic E-state index is 0.241. The Kier molecular flexibility index (Phi) is 11.5. The predicted octanol–water partition coefficient (Wildman–Crippen LogP) is 3.03. The van der Waals surface area contributed by atoms with Crippen molar-refractivity contribution >= 4 is 18.0 Å². The molecule has 3 fully saturated rings. The Hall–Kier alpha value is -2.38. The van der Waals surface area contributed by atoms with Gasteiger partial charge in [-0.15, -0.1) is 0 Å². The third-order valence-electron chi connectivity index (χ3n) is 8.00. The highest BCUT2D eigenvalue weighted by atomic mass is 16.5. The van der Waals surface area contributed by atoms with Gasteiger partial charge in [-0.3, -0.25) is 15.0 Å². The maximum absolute atomic E-state index is 13.8. The number of nitriles is 1. The van der Waals surface area contributed by atoms with E-state index in [2.05, 4.69) is 35.5 Å². The van der Waals surface area contributed by atoms with Gasteiger partial charge in [0.25, 0.3) is 0 Å². The van der Waals surface area contributed by atoms with Gasteiger partial charge in [-0.25, -0.2) is 9.79 Å². The molecule has 2 amide bonds. The van der Waals surface area contributed by atoms with E-state index in [4.69, 9.17) is 14.5 Å². The van der Waals surface area contributed by atoms with Crippen molar-refractivity contribution in [3.05, 3.63) is 0 Å². The summed E-state index contributed by atoms with van der Waals surface area (Å²) in [5.74, 6) is 0.494. The zero-order valence-electron chi connectivity index (χ0n) is 23.0. The Morgan fingerprint density at radius 3 is 2.46 bits per heavy atom. The van der Waals surface area contributed by atoms with Crippen molar-refractivity contribution in [1.82, 2.24) is 20.4 Å². The van der Waals surface area contributed by atoms with Gasteiger partial charge >= 0.3 is 6.09 Å². The Morgan fingerprint density at radius 2 is 1.84 bits per heavy atom. The second-order valence-corrected chi connectivity index (χ2v) is 10.5. The van der Waals surface area contributed by atoms with Crippen LogP contribution < -0.4 is 10.6 Å². The highest BCUT2D eigenvalue weighted by molar-refractivity contribution is 5.96. The Labute approximate surface area is 222 Å². The topological polar surface area (TPSA) is 119 Å². The van der Waals surface area contributed by atoms with Crippen LogP contribution >= 0.6 is 0 Å². The van der Waals surface area contributed by atoms with E-state index in [-0.39, 0.29) is 12.5 Å². The molecule has 1 unspecified atom stereocenters. The van der Waals surface area contributed by atoms with Crippen LogP contribution in [0.2, 0.25) is 0 Å². The number of amides is 2. The van der Waals surface area contributed by atoms with Crippen LogP contribution in [0.5, 0.6) is 0 Å². The summed E-state index contributed by atoms with van der Waals surface area (Å²) in [5, 5.41) is 16.0. The number of carbonyl (C=O) groups is 2. The molecule has 10 nitrogen and oxygen atoms in total. The van der Waals surface area contributed by atoms with Gasteiger partial charge in [-0.05, 0) is 38.5 Å². The number of ether oxygens (including phenoxy) is 2. The van der Waals surface area contributed by atoms with Crippen molar-refractivity contribution in [1.29, 1.82) is 5.26 Å². The average molecular weight is 519 g/mol. The SMILES string of the molecule is CCOC(=O)NC(=N[C@@H](CC1CCCCC1)C(=O)NC1(C#N)CCN(C(CC)CC)C1)N1CCOCC1. The van der Waals surface area contributed by atoms with E-state index in [0.29, 0.717) is 63.6 Å². The lowest BCUT2D eigenvalue weighted by atomic mass is 9.84. The molecule has 0 bridgehead atoms. The maximum atomic E-state index is 13.8. The largest absolute Gasteiger partial charge is 0.450 e. The Morgan fingerprint density at radius 1 is 1.14 bits per heavy atom. The first-order valence-corrected chi connectivity index (χ1v) is 14.2. The maximum Gasteiger partial charge on any atom is 0.413 e. The first kappa shape index (κ1) is 29.2. The molecule has 208 valence electrons. The zero-order chi connectivity index (χ0) is 26.7. The summed E-state index contributed by atoms with van der Waals surface area (Å²) < 4.78 is 10.6. The minimum atomic E-state index is -0.923. The lowest BCUT2D eigenvalue weighted by molar-refractivity contribution is -0.124. The van der Waals surface area contributed by atoms with Crippen molar-refractivity contribution < 1.29 is 19.1 Å². The summed E-state index contributed by atoms with van der Waals surface area (Å²) in [7, 11) is 0. The lowest BCUT2D eigenvalue weighted by Crippen LogP contribution is -2.54. The van der Waals surface area contributed by atoms with E-state index >= 15 is 0 Å². The number of guanidine groups is 1. The molecule has 2 aliphatic heterocycles. The molecule has 1 saturated carbocycles. The third kappa shape index (κ3) is 8.30. The van der Waals surface area contributed by atoms with Crippen LogP contribution in [0, 0.1) is 17.2 Å². The molecular weight excluding hydrogens is 472 g/mol. The molecule has 2 N–H and O–H groups in total. The first-order chi connectivity index (χ1) is 17.9. The molecular formula is C27H46N6O4. The molecule has 0 aromatic rings. The van der Waals surface area contributed by atoms with E-state index in [1.807, 2.05) is 4.90 Å². The number of carbonyl (C=O) groups excluding carboxylic acids is 2. The summed E-state index contributed by atoms with van der Waals surface area (Å²) in [4.78, 5) is 35.3. The van der Waals surface area contributed by atoms with Crippen LogP contribution in [0.15, 0.2) is 4.99 Å². The van der Waals surface area contributed by atoms with E-state index < -0.39 is 17.7 Å². The van der Waals surface area contributed by atoms with Gasteiger partial charge in [0, 0.05) is 32.2 Å². The van der Waals surface area contributed by atoms with Crippen molar-refractivity contribution in [2.45, 2.75) is 96.2 Å². The first-order valence-electron chi connectivity index (χ1n) is 14.2. The predicted molar refractivity (Wildman–Crippen MR) is 142 cm³/mol. The van der Waals surface area contributed by atoms with Crippen molar-refractivity contribution in [2.24, 2.45) is 10.9 Å². The fourth-order valence-electron chi connectivity index (χ4n) is 5.83. The molecule has 3 rings (SSSR count). The van der Waals surface area contributed by atoms with Gasteiger partial charge in [0.2, 0.25) is 11.9 Å². The van der Waals surface area contributed by atoms with Gasteiger partial charge in [-0.2, -0.15) is 5.26 Å². The van der Waals surface area contributed by atoms with Gasteiger partial charge in [0.15, 0.2) is 0 Å². The number of rotatable bonds is 9. The number of hydrogen-bond donors (Lipinski definition) is 2. The van der Waals surface area contributed by atoms with Crippen LogP contribution in [0.4, 0.5) is 4.79 Å². The van der Waals surface area contributed by atoms with Gasteiger partial charge < -0.3 is 19.7 Å². The van der Waals surface area contributed by atoms with E-state index in [1.165, 1.54) is 6.42 Å². The number of nitrogens with zero attached hydrogens (tertiary/aromatic N) is 4. The molecule has 37 heavy (non-hydrogen) atoms. The summed E-state index contributed by atoms with van der Waals surface area (Å²) in [6.45, 7) is 9.81. The summed E-state index contributed by atoms with van der Waals surface area (Å²) in [6.07, 6.45) is 8.33. The molecule has 10 heteroatoms. The van der Waals surface area contributed by atoms with Gasteiger partial charge in [0.05, 0.1) is 25.9 Å². The monoisotopic (exact) mass is 518 g/mol. The van der Waals surface area contributed by atoms with Crippen molar-refractivity contribution in [2.75, 3.05) is 46.0 Å². The van der Waals surface area contributed by atoms with Crippen molar-refractivity contribution in [3.63, 3.8) is 0 Å².